The second kappa shape index (κ2) is 6.84. The van der Waals surface area contributed by atoms with Crippen molar-refractivity contribution in [1.82, 2.24) is 0 Å². The van der Waals surface area contributed by atoms with Gasteiger partial charge in [-0.1, -0.05) is 43.3 Å². The Morgan fingerprint density at radius 1 is 1.22 bits per heavy atom. The smallest absolute Gasteiger partial charge is 0.241 e. The maximum absolute atomic E-state index is 12.1. The normalized spacial score (nSPS) is 14.4. The molecule has 120 valence electrons. The maximum atomic E-state index is 12.1. The predicted octanol–water partition coefficient (Wildman–Crippen LogP) is 2.93. The number of nitrogens with two attached hydrogens (primary N) is 1. The lowest BCUT2D eigenvalue weighted by Gasteiger charge is -2.22. The summed E-state index contributed by atoms with van der Waals surface area (Å²) in [4.78, 5) is 14.4. The molecule has 3 N–H and O–H groups in total. The Kier molecular flexibility index (Phi) is 4.63. The molecule has 3 rings (SSSR count). The number of carbonyl (C=O) groups excluding carboxylic acids is 1. The van der Waals surface area contributed by atoms with Crippen LogP contribution in [0.4, 0.5) is 11.4 Å². The molecule has 0 aliphatic carbocycles. The van der Waals surface area contributed by atoms with Crippen molar-refractivity contribution in [3.05, 3.63) is 59.7 Å². The molecule has 0 fully saturated rings. The molecule has 0 radical (unpaired) electrons. The molecule has 0 saturated heterocycles. The van der Waals surface area contributed by atoms with Crippen LogP contribution in [0.25, 0.3) is 0 Å². The van der Waals surface area contributed by atoms with Gasteiger partial charge in [0.2, 0.25) is 5.91 Å². The molecule has 4 nitrogen and oxygen atoms in total. The second-order valence-corrected chi connectivity index (χ2v) is 5.96. The van der Waals surface area contributed by atoms with Gasteiger partial charge in [-0.3, -0.25) is 4.79 Å². The number of nitrogens with one attached hydrogen (secondary N) is 1. The molecule has 23 heavy (non-hydrogen) atoms. The summed E-state index contributed by atoms with van der Waals surface area (Å²) in [5.41, 5.74) is 10.5. The van der Waals surface area contributed by atoms with Crippen molar-refractivity contribution in [2.24, 2.45) is 5.73 Å². The fourth-order valence-corrected chi connectivity index (χ4v) is 2.97. The van der Waals surface area contributed by atoms with Crippen molar-refractivity contribution in [1.29, 1.82) is 0 Å². The Morgan fingerprint density at radius 2 is 1.96 bits per heavy atom. The van der Waals surface area contributed by atoms with Crippen LogP contribution in [0.1, 0.15) is 24.5 Å². The number of para-hydroxylation sites is 2. The van der Waals surface area contributed by atoms with E-state index in [0.29, 0.717) is 6.42 Å². The summed E-state index contributed by atoms with van der Waals surface area (Å²) in [6.07, 6.45) is 1.71. The molecule has 0 aromatic heterocycles. The van der Waals surface area contributed by atoms with Crippen LogP contribution in [-0.4, -0.2) is 18.5 Å². The van der Waals surface area contributed by atoms with E-state index in [1.807, 2.05) is 25.1 Å². The number of hydrogen-bond donors (Lipinski definition) is 2. The van der Waals surface area contributed by atoms with Gasteiger partial charge in [0.1, 0.15) is 0 Å². The van der Waals surface area contributed by atoms with Gasteiger partial charge in [0.25, 0.3) is 0 Å². The Hall–Kier alpha value is -2.33. The van der Waals surface area contributed by atoms with Gasteiger partial charge in [-0.05, 0) is 36.1 Å². The van der Waals surface area contributed by atoms with E-state index in [1.165, 1.54) is 11.3 Å². The summed E-state index contributed by atoms with van der Waals surface area (Å²) in [6.45, 7) is 3.71. The summed E-state index contributed by atoms with van der Waals surface area (Å²) in [6, 6.07) is 16.0. The van der Waals surface area contributed by atoms with Gasteiger partial charge >= 0.3 is 0 Å². The van der Waals surface area contributed by atoms with Crippen LogP contribution in [0.3, 0.4) is 0 Å². The topological polar surface area (TPSA) is 58.4 Å². The monoisotopic (exact) mass is 309 g/mol. The zero-order valence-corrected chi connectivity index (χ0v) is 13.5. The zero-order valence-electron chi connectivity index (χ0n) is 13.5. The van der Waals surface area contributed by atoms with Crippen molar-refractivity contribution in [2.45, 2.75) is 32.4 Å². The molecule has 2 aromatic carbocycles. The minimum Gasteiger partial charge on any atom is -0.367 e. The summed E-state index contributed by atoms with van der Waals surface area (Å²) < 4.78 is 0. The van der Waals surface area contributed by atoms with Crippen molar-refractivity contribution >= 4 is 17.3 Å². The Bertz CT molecular complexity index is 699. The van der Waals surface area contributed by atoms with E-state index >= 15 is 0 Å². The quantitative estimate of drug-likeness (QED) is 0.893. The van der Waals surface area contributed by atoms with Crippen LogP contribution in [0.2, 0.25) is 0 Å². The third-order valence-electron chi connectivity index (χ3n) is 4.40. The van der Waals surface area contributed by atoms with Crippen molar-refractivity contribution < 1.29 is 4.79 Å². The van der Waals surface area contributed by atoms with E-state index in [-0.39, 0.29) is 5.91 Å². The molecule has 0 saturated carbocycles. The molecule has 1 aliphatic rings. The van der Waals surface area contributed by atoms with Gasteiger partial charge < -0.3 is 16.0 Å². The average Bonchev–Trinajstić information content (AvgIpc) is 2.99. The average molecular weight is 309 g/mol. The molecule has 0 unspecified atom stereocenters. The highest BCUT2D eigenvalue weighted by Gasteiger charge is 2.20. The Labute approximate surface area is 137 Å². The predicted molar refractivity (Wildman–Crippen MR) is 94.5 cm³/mol. The van der Waals surface area contributed by atoms with Crippen LogP contribution < -0.4 is 16.0 Å². The highest BCUT2D eigenvalue weighted by molar-refractivity contribution is 5.95. The van der Waals surface area contributed by atoms with Crippen molar-refractivity contribution in [3.8, 4) is 0 Å². The number of benzene rings is 2. The largest absolute Gasteiger partial charge is 0.367 e. The molecule has 1 heterocycles. The second-order valence-electron chi connectivity index (χ2n) is 5.96. The first-order valence-electron chi connectivity index (χ1n) is 8.16. The van der Waals surface area contributed by atoms with E-state index < -0.39 is 6.04 Å². The van der Waals surface area contributed by atoms with Crippen LogP contribution in [0.15, 0.2) is 48.5 Å². The fourth-order valence-electron chi connectivity index (χ4n) is 2.97. The van der Waals surface area contributed by atoms with Gasteiger partial charge in [-0.25, -0.2) is 0 Å². The zero-order chi connectivity index (χ0) is 16.2. The fraction of sp³-hybridized carbons (Fsp3) is 0.316. The number of anilines is 2. The molecule has 2 aromatic rings. The van der Waals surface area contributed by atoms with Gasteiger partial charge in [-0.15, -0.1) is 0 Å². The Morgan fingerprint density at radius 3 is 2.78 bits per heavy atom. The number of rotatable bonds is 5. The number of nitrogens with zero attached hydrogens (tertiary/aromatic N) is 1. The lowest BCUT2D eigenvalue weighted by atomic mass is 10.1. The molecule has 1 atom stereocenters. The number of carbonyl (C=O) groups is 1. The molecule has 0 spiro atoms. The molecule has 1 amide bonds. The van der Waals surface area contributed by atoms with Crippen LogP contribution in [0, 0.1) is 0 Å². The summed E-state index contributed by atoms with van der Waals surface area (Å²) in [5, 5.41) is 2.97. The lowest BCUT2D eigenvalue weighted by Crippen LogP contribution is -2.35. The standard InChI is InChI=1S/C19H23N3O/c1-2-16(20)19(23)21-17-9-5-3-8-15(17)13-22-12-11-14-7-4-6-10-18(14)22/h3-10,16H,2,11-13,20H2,1H3,(H,21,23)/t16-/m0/s1. The van der Waals surface area contributed by atoms with Gasteiger partial charge in [0.15, 0.2) is 0 Å². The maximum Gasteiger partial charge on any atom is 0.241 e. The highest BCUT2D eigenvalue weighted by Crippen LogP contribution is 2.30. The van der Waals surface area contributed by atoms with E-state index in [1.54, 1.807) is 0 Å². The highest BCUT2D eigenvalue weighted by atomic mass is 16.2. The third kappa shape index (κ3) is 3.37. The number of hydrogen-bond acceptors (Lipinski definition) is 3. The summed E-state index contributed by atoms with van der Waals surface area (Å²) in [5.74, 6) is -0.123. The SMILES string of the molecule is CC[C@H](N)C(=O)Nc1ccccc1CN1CCc2ccccc21. The van der Waals surface area contributed by atoms with Crippen LogP contribution in [0.5, 0.6) is 0 Å². The van der Waals surface area contributed by atoms with Crippen LogP contribution >= 0.6 is 0 Å². The molecular weight excluding hydrogens is 286 g/mol. The van der Waals surface area contributed by atoms with Gasteiger partial charge in [0, 0.05) is 24.5 Å². The first kappa shape index (κ1) is 15.6. The van der Waals surface area contributed by atoms with Crippen molar-refractivity contribution in [2.75, 3.05) is 16.8 Å². The third-order valence-corrected chi connectivity index (χ3v) is 4.40. The van der Waals surface area contributed by atoms with E-state index in [4.69, 9.17) is 5.73 Å². The minimum absolute atomic E-state index is 0.123. The molecule has 0 bridgehead atoms. The van der Waals surface area contributed by atoms with E-state index in [9.17, 15) is 4.79 Å². The van der Waals surface area contributed by atoms with E-state index in [2.05, 4.69) is 40.5 Å². The van der Waals surface area contributed by atoms with E-state index in [0.717, 1.165) is 30.8 Å². The number of fused-ring (bicyclic) bond motifs is 1. The molecule has 1 aliphatic heterocycles. The summed E-state index contributed by atoms with van der Waals surface area (Å²) in [7, 11) is 0. The summed E-state index contributed by atoms with van der Waals surface area (Å²) >= 11 is 0. The number of amides is 1. The first-order chi connectivity index (χ1) is 11.2. The minimum atomic E-state index is -0.462. The first-order valence-corrected chi connectivity index (χ1v) is 8.16. The van der Waals surface area contributed by atoms with Crippen molar-refractivity contribution in [3.63, 3.8) is 0 Å². The molecular formula is C19H23N3O. The Balaban J connectivity index is 1.78. The van der Waals surface area contributed by atoms with Gasteiger partial charge in [0.05, 0.1) is 6.04 Å². The van der Waals surface area contributed by atoms with Crippen LogP contribution in [-0.2, 0) is 17.8 Å². The van der Waals surface area contributed by atoms with Gasteiger partial charge in [-0.2, -0.15) is 0 Å². The lowest BCUT2D eigenvalue weighted by molar-refractivity contribution is -0.117. The molecule has 4 heteroatoms.